The number of carboxylic acids is 1. The Morgan fingerprint density at radius 1 is 1.50 bits per heavy atom. The molecule has 1 aliphatic rings. The molecule has 0 saturated carbocycles. The van der Waals surface area contributed by atoms with Crippen molar-refractivity contribution in [1.82, 2.24) is 14.6 Å². The lowest BCUT2D eigenvalue weighted by Gasteiger charge is -2.07. The molecule has 1 atom stereocenters. The molecule has 1 fully saturated rings. The van der Waals surface area contributed by atoms with Crippen LogP contribution in [0.15, 0.2) is 18.2 Å². The SMILES string of the molecule is O=C(O)c1cccc2nnc(CC3CCSC3)n12. The lowest BCUT2D eigenvalue weighted by atomic mass is 10.1. The summed E-state index contributed by atoms with van der Waals surface area (Å²) < 4.78 is 1.66. The number of thioether (sulfide) groups is 1. The van der Waals surface area contributed by atoms with Crippen LogP contribution in [-0.4, -0.2) is 37.2 Å². The summed E-state index contributed by atoms with van der Waals surface area (Å²) in [4.78, 5) is 11.2. The quantitative estimate of drug-likeness (QED) is 0.913. The van der Waals surface area contributed by atoms with Crippen molar-refractivity contribution in [1.29, 1.82) is 0 Å². The van der Waals surface area contributed by atoms with Gasteiger partial charge in [-0.3, -0.25) is 4.40 Å². The molecule has 1 saturated heterocycles. The van der Waals surface area contributed by atoms with Crippen molar-refractivity contribution in [3.05, 3.63) is 29.7 Å². The van der Waals surface area contributed by atoms with Gasteiger partial charge in [0.1, 0.15) is 11.5 Å². The maximum absolute atomic E-state index is 11.2. The first-order valence-corrected chi connectivity index (χ1v) is 7.05. The number of carbonyl (C=O) groups is 1. The third kappa shape index (κ3) is 1.96. The summed E-state index contributed by atoms with van der Waals surface area (Å²) >= 11 is 1.95. The predicted molar refractivity (Wildman–Crippen MR) is 69.1 cm³/mol. The van der Waals surface area contributed by atoms with E-state index in [0.29, 0.717) is 11.6 Å². The van der Waals surface area contributed by atoms with Crippen LogP contribution in [0, 0.1) is 5.92 Å². The second-order valence-electron chi connectivity index (χ2n) is 4.46. The van der Waals surface area contributed by atoms with E-state index in [0.717, 1.165) is 18.0 Å². The highest BCUT2D eigenvalue weighted by Crippen LogP contribution is 2.26. The van der Waals surface area contributed by atoms with Crippen molar-refractivity contribution in [2.45, 2.75) is 12.8 Å². The van der Waals surface area contributed by atoms with E-state index in [4.69, 9.17) is 0 Å². The highest BCUT2D eigenvalue weighted by molar-refractivity contribution is 7.99. The molecule has 0 aliphatic carbocycles. The van der Waals surface area contributed by atoms with Gasteiger partial charge in [0, 0.05) is 6.42 Å². The topological polar surface area (TPSA) is 67.5 Å². The van der Waals surface area contributed by atoms with Gasteiger partial charge in [-0.2, -0.15) is 11.8 Å². The van der Waals surface area contributed by atoms with E-state index >= 15 is 0 Å². The molecule has 6 heteroatoms. The van der Waals surface area contributed by atoms with E-state index in [1.807, 2.05) is 11.8 Å². The van der Waals surface area contributed by atoms with Crippen molar-refractivity contribution in [3.63, 3.8) is 0 Å². The molecule has 94 valence electrons. The maximum Gasteiger partial charge on any atom is 0.352 e. The number of pyridine rings is 1. The van der Waals surface area contributed by atoms with Crippen molar-refractivity contribution in [3.8, 4) is 0 Å². The molecule has 0 aromatic carbocycles. The summed E-state index contributed by atoms with van der Waals surface area (Å²) in [5.74, 6) is 2.72. The molecule has 18 heavy (non-hydrogen) atoms. The average molecular weight is 263 g/mol. The molecule has 2 aromatic rings. The van der Waals surface area contributed by atoms with Crippen molar-refractivity contribution in [2.75, 3.05) is 11.5 Å². The van der Waals surface area contributed by atoms with Crippen LogP contribution in [0.2, 0.25) is 0 Å². The van der Waals surface area contributed by atoms with E-state index in [9.17, 15) is 9.90 Å². The minimum Gasteiger partial charge on any atom is -0.477 e. The second kappa shape index (κ2) is 4.61. The number of nitrogens with zero attached hydrogens (tertiary/aromatic N) is 3. The highest BCUT2D eigenvalue weighted by Gasteiger charge is 2.20. The molecule has 3 heterocycles. The summed E-state index contributed by atoms with van der Waals surface area (Å²) in [6.45, 7) is 0. The monoisotopic (exact) mass is 263 g/mol. The third-order valence-corrected chi connectivity index (χ3v) is 4.44. The lowest BCUT2D eigenvalue weighted by Crippen LogP contribution is -2.11. The van der Waals surface area contributed by atoms with Gasteiger partial charge in [0.15, 0.2) is 5.65 Å². The Hall–Kier alpha value is -1.56. The van der Waals surface area contributed by atoms with Crippen LogP contribution in [0.1, 0.15) is 22.7 Å². The minimum atomic E-state index is -0.942. The largest absolute Gasteiger partial charge is 0.477 e. The third-order valence-electron chi connectivity index (χ3n) is 3.21. The number of aromatic carboxylic acids is 1. The van der Waals surface area contributed by atoms with Crippen molar-refractivity contribution in [2.24, 2.45) is 5.92 Å². The molecule has 1 aliphatic heterocycles. The Morgan fingerprint density at radius 3 is 3.11 bits per heavy atom. The van der Waals surface area contributed by atoms with Crippen LogP contribution in [0.3, 0.4) is 0 Å². The van der Waals surface area contributed by atoms with Gasteiger partial charge < -0.3 is 5.11 Å². The molecule has 0 spiro atoms. The van der Waals surface area contributed by atoms with Crippen molar-refractivity contribution < 1.29 is 9.90 Å². The normalized spacial score (nSPS) is 19.4. The Balaban J connectivity index is 2.03. The van der Waals surface area contributed by atoms with Gasteiger partial charge >= 0.3 is 5.97 Å². The molecule has 3 rings (SSSR count). The summed E-state index contributed by atoms with van der Waals surface area (Å²) in [5, 5.41) is 17.4. The molecule has 1 unspecified atom stereocenters. The van der Waals surface area contributed by atoms with Gasteiger partial charge in [-0.1, -0.05) is 6.07 Å². The summed E-state index contributed by atoms with van der Waals surface area (Å²) in [6, 6.07) is 5.07. The Kier molecular flexibility index (Phi) is 2.95. The maximum atomic E-state index is 11.2. The molecule has 1 N–H and O–H groups in total. The molecule has 2 aromatic heterocycles. The zero-order chi connectivity index (χ0) is 12.5. The van der Waals surface area contributed by atoms with Crippen LogP contribution >= 0.6 is 11.8 Å². The number of rotatable bonds is 3. The first-order chi connectivity index (χ1) is 8.75. The Labute approximate surface area is 108 Å². The van der Waals surface area contributed by atoms with Gasteiger partial charge in [0.05, 0.1) is 0 Å². The number of carboxylic acid groups (broad SMARTS) is 1. The van der Waals surface area contributed by atoms with E-state index < -0.39 is 5.97 Å². The molecule has 0 amide bonds. The standard InChI is InChI=1S/C12H13N3O2S/c16-12(17)9-2-1-3-10-13-14-11(15(9)10)6-8-4-5-18-7-8/h1-3,8H,4-7H2,(H,16,17). The van der Waals surface area contributed by atoms with Gasteiger partial charge in [0.2, 0.25) is 0 Å². The number of aromatic nitrogens is 3. The number of fused-ring (bicyclic) bond motifs is 1. The zero-order valence-corrected chi connectivity index (χ0v) is 10.6. The average Bonchev–Trinajstić information content (AvgIpc) is 2.99. The van der Waals surface area contributed by atoms with E-state index in [1.54, 1.807) is 22.6 Å². The van der Waals surface area contributed by atoms with Gasteiger partial charge in [0.25, 0.3) is 0 Å². The molecular formula is C12H13N3O2S. The fraction of sp³-hybridized carbons (Fsp3) is 0.417. The molecule has 0 radical (unpaired) electrons. The van der Waals surface area contributed by atoms with Crippen LogP contribution in [0.4, 0.5) is 0 Å². The van der Waals surface area contributed by atoms with Gasteiger partial charge in [-0.15, -0.1) is 10.2 Å². The lowest BCUT2D eigenvalue weighted by molar-refractivity contribution is 0.0688. The van der Waals surface area contributed by atoms with Gasteiger partial charge in [-0.25, -0.2) is 4.79 Å². The van der Waals surface area contributed by atoms with Crippen LogP contribution in [0.5, 0.6) is 0 Å². The Bertz CT molecular complexity index is 590. The number of hydrogen-bond donors (Lipinski definition) is 1. The second-order valence-corrected chi connectivity index (χ2v) is 5.61. The summed E-state index contributed by atoms with van der Waals surface area (Å²) in [5.41, 5.74) is 0.841. The van der Waals surface area contributed by atoms with Crippen molar-refractivity contribution >= 4 is 23.4 Å². The van der Waals surface area contributed by atoms with E-state index in [-0.39, 0.29) is 5.69 Å². The predicted octanol–water partition coefficient (Wildman–Crippen LogP) is 1.72. The first-order valence-electron chi connectivity index (χ1n) is 5.90. The Morgan fingerprint density at radius 2 is 2.39 bits per heavy atom. The molecule has 5 nitrogen and oxygen atoms in total. The zero-order valence-electron chi connectivity index (χ0n) is 9.74. The summed E-state index contributed by atoms with van der Waals surface area (Å²) in [6.07, 6.45) is 1.98. The fourth-order valence-corrected chi connectivity index (χ4v) is 3.59. The minimum absolute atomic E-state index is 0.234. The van der Waals surface area contributed by atoms with Crippen LogP contribution in [-0.2, 0) is 6.42 Å². The fourth-order valence-electron chi connectivity index (χ4n) is 2.30. The highest BCUT2D eigenvalue weighted by atomic mass is 32.2. The van der Waals surface area contributed by atoms with Crippen LogP contribution < -0.4 is 0 Å². The first kappa shape index (κ1) is 11.5. The molecule has 0 bridgehead atoms. The smallest absolute Gasteiger partial charge is 0.352 e. The number of hydrogen-bond acceptors (Lipinski definition) is 4. The van der Waals surface area contributed by atoms with Crippen LogP contribution in [0.25, 0.3) is 5.65 Å². The summed E-state index contributed by atoms with van der Waals surface area (Å²) in [7, 11) is 0. The molecular weight excluding hydrogens is 250 g/mol. The van der Waals surface area contributed by atoms with E-state index in [2.05, 4.69) is 10.2 Å². The van der Waals surface area contributed by atoms with Gasteiger partial charge in [-0.05, 0) is 36.0 Å². The van der Waals surface area contributed by atoms with E-state index in [1.165, 1.54) is 12.2 Å².